The number of fused-ring (bicyclic) bond motifs is 2. The highest BCUT2D eigenvalue weighted by molar-refractivity contribution is 6.00. The lowest BCUT2D eigenvalue weighted by atomic mass is 10.0. The smallest absolute Gasteiger partial charge is 0.326 e. The Bertz CT molecular complexity index is 1300. The number of ether oxygens (including phenoxy) is 1. The Hall–Kier alpha value is -3.91. The first kappa shape index (κ1) is 20.4. The van der Waals surface area contributed by atoms with E-state index in [1.165, 1.54) is 7.11 Å². The van der Waals surface area contributed by atoms with Crippen molar-refractivity contribution in [3.63, 3.8) is 0 Å². The third-order valence-corrected chi connectivity index (χ3v) is 4.92. The number of aromatic nitrogens is 2. The minimum absolute atomic E-state index is 0.177. The van der Waals surface area contributed by atoms with Crippen molar-refractivity contribution < 1.29 is 19.2 Å². The maximum atomic E-state index is 12.3. The highest BCUT2D eigenvalue weighted by Crippen LogP contribution is 2.32. The molecule has 0 aliphatic rings. The highest BCUT2D eigenvalue weighted by atomic mass is 16.6. The first-order chi connectivity index (χ1) is 15.0. The zero-order valence-electron chi connectivity index (χ0n) is 17.4. The number of rotatable bonds is 5. The van der Waals surface area contributed by atoms with Gasteiger partial charge in [0.15, 0.2) is 0 Å². The molecule has 0 atom stereocenters. The molecular formula is C23H22N4O4. The molecular weight excluding hydrogens is 396 g/mol. The number of carbonyl (C=O) groups excluding carboxylic acids is 2. The Morgan fingerprint density at radius 3 is 2.74 bits per heavy atom. The monoisotopic (exact) mass is 418 g/mol. The normalized spacial score (nSPS) is 10.9. The molecule has 2 amide bonds. The van der Waals surface area contributed by atoms with E-state index in [-0.39, 0.29) is 11.9 Å². The standard InChI is InChI=1S/C23H22N4O4/c1-4-24-23(29)27-10-8-15-12-16(5-6-20(15)27)31-21-7-9-25-19-11-14(2)17(13-18(19)21)22(28)26-30-3/h5-13H,4H2,1-3H3,(H,24,29)(H,26,28). The van der Waals surface area contributed by atoms with Crippen LogP contribution in [-0.4, -0.2) is 35.1 Å². The molecule has 8 heteroatoms. The van der Waals surface area contributed by atoms with Crippen LogP contribution >= 0.6 is 0 Å². The van der Waals surface area contributed by atoms with Gasteiger partial charge in [-0.25, -0.2) is 10.3 Å². The molecule has 0 spiro atoms. The minimum Gasteiger partial charge on any atom is -0.457 e. The van der Waals surface area contributed by atoms with Crippen LogP contribution in [0.1, 0.15) is 22.8 Å². The van der Waals surface area contributed by atoms with Gasteiger partial charge < -0.3 is 10.1 Å². The van der Waals surface area contributed by atoms with Crippen molar-refractivity contribution in [3.05, 3.63) is 66.0 Å². The van der Waals surface area contributed by atoms with Crippen LogP contribution in [-0.2, 0) is 4.84 Å². The number of hydroxylamine groups is 1. The van der Waals surface area contributed by atoms with Gasteiger partial charge in [-0.2, -0.15) is 0 Å². The summed E-state index contributed by atoms with van der Waals surface area (Å²) in [5, 5.41) is 4.36. The molecule has 0 radical (unpaired) electrons. The summed E-state index contributed by atoms with van der Waals surface area (Å²) in [7, 11) is 1.39. The van der Waals surface area contributed by atoms with E-state index in [1.54, 1.807) is 35.2 Å². The number of hydrogen-bond acceptors (Lipinski definition) is 5. The molecule has 0 fully saturated rings. The summed E-state index contributed by atoms with van der Waals surface area (Å²) < 4.78 is 7.70. The van der Waals surface area contributed by atoms with Gasteiger partial charge in [-0.15, -0.1) is 0 Å². The summed E-state index contributed by atoms with van der Waals surface area (Å²) in [5.74, 6) is 0.834. The Balaban J connectivity index is 1.71. The first-order valence-electron chi connectivity index (χ1n) is 9.81. The van der Waals surface area contributed by atoms with Crippen LogP contribution in [0.5, 0.6) is 11.5 Å². The van der Waals surface area contributed by atoms with Crippen LogP contribution in [0.15, 0.2) is 54.9 Å². The zero-order chi connectivity index (χ0) is 22.0. The van der Waals surface area contributed by atoms with Gasteiger partial charge in [-0.05, 0) is 61.9 Å². The molecule has 2 N–H and O–H groups in total. The highest BCUT2D eigenvalue weighted by Gasteiger charge is 2.14. The minimum atomic E-state index is -0.343. The fourth-order valence-corrected chi connectivity index (χ4v) is 3.48. The molecule has 0 saturated carbocycles. The summed E-state index contributed by atoms with van der Waals surface area (Å²) in [6.07, 6.45) is 3.39. The SMILES string of the molecule is CCNC(=O)n1ccc2cc(Oc3ccnc4cc(C)c(C(=O)NOC)cc34)ccc21. The Kier molecular flexibility index (Phi) is 5.55. The average Bonchev–Trinajstić information content (AvgIpc) is 3.17. The Morgan fingerprint density at radius 2 is 1.97 bits per heavy atom. The lowest BCUT2D eigenvalue weighted by Crippen LogP contribution is -2.27. The van der Waals surface area contributed by atoms with E-state index in [0.29, 0.717) is 34.5 Å². The van der Waals surface area contributed by atoms with Gasteiger partial charge in [-0.3, -0.25) is 19.2 Å². The molecule has 0 aliphatic carbocycles. The number of carbonyl (C=O) groups is 2. The predicted molar refractivity (Wildman–Crippen MR) is 117 cm³/mol. The molecule has 0 aliphatic heterocycles. The topological polar surface area (TPSA) is 94.5 Å². The molecule has 31 heavy (non-hydrogen) atoms. The summed E-state index contributed by atoms with van der Waals surface area (Å²) in [6.45, 7) is 4.27. The largest absolute Gasteiger partial charge is 0.457 e. The quantitative estimate of drug-likeness (QED) is 0.475. The zero-order valence-corrected chi connectivity index (χ0v) is 17.4. The van der Waals surface area contributed by atoms with Crippen LogP contribution in [0.3, 0.4) is 0 Å². The van der Waals surface area contributed by atoms with Gasteiger partial charge in [0, 0.05) is 35.3 Å². The second-order valence-corrected chi connectivity index (χ2v) is 6.97. The van der Waals surface area contributed by atoms with E-state index in [9.17, 15) is 9.59 Å². The summed E-state index contributed by atoms with van der Waals surface area (Å²) in [5.41, 5.74) is 5.09. The van der Waals surface area contributed by atoms with Crippen molar-refractivity contribution in [1.82, 2.24) is 20.3 Å². The van der Waals surface area contributed by atoms with Crippen LogP contribution in [0.4, 0.5) is 4.79 Å². The lowest BCUT2D eigenvalue weighted by molar-refractivity contribution is 0.0537. The van der Waals surface area contributed by atoms with Crippen molar-refractivity contribution in [2.75, 3.05) is 13.7 Å². The molecule has 2 aromatic heterocycles. The molecule has 158 valence electrons. The van der Waals surface area contributed by atoms with Gasteiger partial charge in [-0.1, -0.05) is 0 Å². The molecule has 0 bridgehead atoms. The van der Waals surface area contributed by atoms with Gasteiger partial charge in [0.25, 0.3) is 5.91 Å². The van der Waals surface area contributed by atoms with Gasteiger partial charge in [0.2, 0.25) is 0 Å². The number of pyridine rings is 1. The summed E-state index contributed by atoms with van der Waals surface area (Å²) >= 11 is 0. The number of nitrogens with zero attached hydrogens (tertiary/aromatic N) is 2. The van der Waals surface area contributed by atoms with Crippen LogP contribution in [0.25, 0.3) is 21.8 Å². The van der Waals surface area contributed by atoms with Crippen molar-refractivity contribution in [3.8, 4) is 11.5 Å². The molecule has 0 saturated heterocycles. The number of aryl methyl sites for hydroxylation is 1. The predicted octanol–water partition coefficient (Wildman–Crippen LogP) is 4.16. The lowest BCUT2D eigenvalue weighted by Gasteiger charge is -2.12. The van der Waals surface area contributed by atoms with Crippen LogP contribution < -0.4 is 15.5 Å². The third-order valence-electron chi connectivity index (χ3n) is 4.92. The number of benzene rings is 2. The third kappa shape index (κ3) is 3.93. The van der Waals surface area contributed by atoms with Crippen molar-refractivity contribution >= 4 is 33.7 Å². The van der Waals surface area contributed by atoms with Gasteiger partial charge in [0.1, 0.15) is 11.5 Å². The van der Waals surface area contributed by atoms with Crippen molar-refractivity contribution in [2.45, 2.75) is 13.8 Å². The maximum absolute atomic E-state index is 12.3. The molecule has 4 rings (SSSR count). The van der Waals surface area contributed by atoms with E-state index in [1.807, 2.05) is 38.1 Å². The molecule has 2 aromatic carbocycles. The number of amides is 2. The van der Waals surface area contributed by atoms with Crippen molar-refractivity contribution in [1.29, 1.82) is 0 Å². The molecule has 2 heterocycles. The second kappa shape index (κ2) is 8.45. The number of nitrogens with one attached hydrogen (secondary N) is 2. The number of hydrogen-bond donors (Lipinski definition) is 2. The average molecular weight is 418 g/mol. The fraction of sp³-hybridized carbons (Fsp3) is 0.174. The Labute approximate surface area is 178 Å². The van der Waals surface area contributed by atoms with E-state index < -0.39 is 0 Å². The summed E-state index contributed by atoms with van der Waals surface area (Å²) in [4.78, 5) is 33.6. The van der Waals surface area contributed by atoms with Crippen LogP contribution in [0, 0.1) is 6.92 Å². The van der Waals surface area contributed by atoms with Crippen molar-refractivity contribution in [2.24, 2.45) is 0 Å². The molecule has 0 unspecified atom stereocenters. The fourth-order valence-electron chi connectivity index (χ4n) is 3.48. The van der Waals surface area contributed by atoms with E-state index in [0.717, 1.165) is 16.5 Å². The van der Waals surface area contributed by atoms with E-state index >= 15 is 0 Å². The van der Waals surface area contributed by atoms with Crippen LogP contribution in [0.2, 0.25) is 0 Å². The second-order valence-electron chi connectivity index (χ2n) is 6.97. The van der Waals surface area contributed by atoms with Gasteiger partial charge >= 0.3 is 6.03 Å². The molecule has 4 aromatic rings. The van der Waals surface area contributed by atoms with E-state index in [2.05, 4.69) is 15.8 Å². The summed E-state index contributed by atoms with van der Waals surface area (Å²) in [6, 6.07) is 12.5. The molecule has 8 nitrogen and oxygen atoms in total. The van der Waals surface area contributed by atoms with Gasteiger partial charge in [0.05, 0.1) is 18.1 Å². The van der Waals surface area contributed by atoms with E-state index in [4.69, 9.17) is 9.57 Å². The Morgan fingerprint density at radius 1 is 1.13 bits per heavy atom. The first-order valence-corrected chi connectivity index (χ1v) is 9.81. The maximum Gasteiger partial charge on any atom is 0.326 e.